The van der Waals surface area contributed by atoms with E-state index in [1.54, 1.807) is 30.3 Å². The summed E-state index contributed by atoms with van der Waals surface area (Å²) in [5, 5.41) is 0. The van der Waals surface area contributed by atoms with Crippen molar-refractivity contribution in [2.75, 3.05) is 0 Å². The second kappa shape index (κ2) is 8.82. The van der Waals surface area contributed by atoms with E-state index in [-0.39, 0.29) is 22.2 Å². The summed E-state index contributed by atoms with van der Waals surface area (Å²) < 4.78 is 37.4. The number of ketones is 2. The molecule has 0 bridgehead atoms. The summed E-state index contributed by atoms with van der Waals surface area (Å²) >= 11 is 3.43. The largest absolute Gasteiger partial charge is 0.465 e. The van der Waals surface area contributed by atoms with E-state index in [0.29, 0.717) is 52.8 Å². The fraction of sp³-hybridized carbons (Fsp3) is 0.308. The van der Waals surface area contributed by atoms with Gasteiger partial charge in [-0.25, -0.2) is 0 Å². The van der Waals surface area contributed by atoms with Gasteiger partial charge in [-0.3, -0.25) is 9.59 Å². The van der Waals surface area contributed by atoms with E-state index in [1.807, 2.05) is 6.92 Å². The standard InChI is InChI=1S/C26H23BrO6S/c1-15-8-11-17(12-9-15)34(30,31)33-21-13-10-16(14-18(21)27)24-25-19(28)4-2-6-22(25)32-23-7-3-5-20(29)26(23)24/h8-14,24H,2-7H2,1H3. The van der Waals surface area contributed by atoms with Gasteiger partial charge in [0.25, 0.3) is 0 Å². The number of hydrogen-bond donors (Lipinski definition) is 0. The molecule has 0 unspecified atom stereocenters. The highest BCUT2D eigenvalue weighted by molar-refractivity contribution is 9.10. The summed E-state index contributed by atoms with van der Waals surface area (Å²) in [6, 6.07) is 11.4. The van der Waals surface area contributed by atoms with Crippen LogP contribution in [0.4, 0.5) is 0 Å². The molecular weight excluding hydrogens is 520 g/mol. The van der Waals surface area contributed by atoms with Crippen molar-refractivity contribution in [3.8, 4) is 5.75 Å². The molecule has 3 aliphatic rings. The van der Waals surface area contributed by atoms with Gasteiger partial charge in [0.2, 0.25) is 0 Å². The molecule has 6 nitrogen and oxygen atoms in total. The molecule has 2 aromatic rings. The average Bonchev–Trinajstić information content (AvgIpc) is 2.80. The molecule has 0 saturated carbocycles. The van der Waals surface area contributed by atoms with Crippen LogP contribution >= 0.6 is 15.9 Å². The van der Waals surface area contributed by atoms with Crippen molar-refractivity contribution in [3.05, 3.63) is 80.7 Å². The Morgan fingerprint density at radius 1 is 0.882 bits per heavy atom. The average molecular weight is 543 g/mol. The second-order valence-electron chi connectivity index (χ2n) is 8.80. The lowest BCUT2D eigenvalue weighted by Gasteiger charge is -2.36. The van der Waals surface area contributed by atoms with E-state index in [4.69, 9.17) is 8.92 Å². The van der Waals surface area contributed by atoms with Gasteiger partial charge < -0.3 is 8.92 Å². The Labute approximate surface area is 206 Å². The molecule has 5 rings (SSSR count). The predicted molar refractivity (Wildman–Crippen MR) is 129 cm³/mol. The SMILES string of the molecule is Cc1ccc(S(=O)(=O)Oc2ccc(C3C4=C(CCCC4=O)OC4=C3C(=O)CCC4)cc2Br)cc1. The maximum Gasteiger partial charge on any atom is 0.339 e. The van der Waals surface area contributed by atoms with Gasteiger partial charge in [0, 0.05) is 42.7 Å². The number of allylic oxidation sites excluding steroid dienone is 4. The van der Waals surface area contributed by atoms with Crippen LogP contribution in [0.5, 0.6) is 5.75 Å². The molecule has 1 aliphatic heterocycles. The van der Waals surface area contributed by atoms with Crippen molar-refractivity contribution < 1.29 is 26.9 Å². The zero-order valence-corrected chi connectivity index (χ0v) is 21.0. The Morgan fingerprint density at radius 3 is 2.03 bits per heavy atom. The molecule has 0 spiro atoms. The van der Waals surface area contributed by atoms with Gasteiger partial charge in [-0.1, -0.05) is 23.8 Å². The number of aryl methyl sites for hydroxylation is 1. The van der Waals surface area contributed by atoms with Crippen molar-refractivity contribution in [2.24, 2.45) is 0 Å². The third-order valence-electron chi connectivity index (χ3n) is 6.44. The van der Waals surface area contributed by atoms with Gasteiger partial charge >= 0.3 is 10.1 Å². The molecule has 0 atom stereocenters. The van der Waals surface area contributed by atoms with Gasteiger partial charge in [-0.15, -0.1) is 0 Å². The first kappa shape index (κ1) is 23.1. The lowest BCUT2D eigenvalue weighted by Crippen LogP contribution is -2.30. The lowest BCUT2D eigenvalue weighted by atomic mass is 9.73. The minimum Gasteiger partial charge on any atom is -0.465 e. The third kappa shape index (κ3) is 4.14. The number of ether oxygens (including phenoxy) is 1. The lowest BCUT2D eigenvalue weighted by molar-refractivity contribution is -0.117. The molecule has 2 aliphatic carbocycles. The van der Waals surface area contributed by atoms with Crippen LogP contribution in [-0.2, 0) is 24.4 Å². The van der Waals surface area contributed by atoms with Crippen molar-refractivity contribution in [3.63, 3.8) is 0 Å². The van der Waals surface area contributed by atoms with Crippen LogP contribution in [0.1, 0.15) is 55.6 Å². The van der Waals surface area contributed by atoms with Gasteiger partial charge in [0.1, 0.15) is 16.4 Å². The minimum atomic E-state index is -4.02. The van der Waals surface area contributed by atoms with E-state index in [9.17, 15) is 18.0 Å². The van der Waals surface area contributed by atoms with Crippen molar-refractivity contribution in [1.29, 1.82) is 0 Å². The summed E-state index contributed by atoms with van der Waals surface area (Å²) in [5.74, 6) is 0.925. The van der Waals surface area contributed by atoms with Crippen LogP contribution in [0.15, 0.2) is 74.5 Å². The van der Waals surface area contributed by atoms with E-state index in [2.05, 4.69) is 15.9 Å². The van der Waals surface area contributed by atoms with Crippen molar-refractivity contribution >= 4 is 37.6 Å². The normalized spacial score (nSPS) is 19.0. The summed E-state index contributed by atoms with van der Waals surface area (Å²) in [6.45, 7) is 1.87. The molecular formula is C26H23BrO6S. The van der Waals surface area contributed by atoms with Crippen LogP contribution in [0, 0.1) is 6.92 Å². The summed E-state index contributed by atoms with van der Waals surface area (Å²) in [7, 11) is -4.02. The summed E-state index contributed by atoms with van der Waals surface area (Å²) in [5.41, 5.74) is 2.76. The molecule has 0 radical (unpaired) electrons. The summed E-state index contributed by atoms with van der Waals surface area (Å²) in [4.78, 5) is 25.9. The van der Waals surface area contributed by atoms with Crippen molar-refractivity contribution in [2.45, 2.75) is 56.3 Å². The highest BCUT2D eigenvalue weighted by Gasteiger charge is 2.41. The number of halogens is 1. The number of rotatable bonds is 4. The van der Waals surface area contributed by atoms with E-state index in [0.717, 1.165) is 24.0 Å². The number of carbonyl (C=O) groups is 2. The molecule has 0 amide bonds. The number of carbonyl (C=O) groups excluding carboxylic acids is 2. The smallest absolute Gasteiger partial charge is 0.339 e. The molecule has 0 N–H and O–H groups in total. The molecule has 2 aromatic carbocycles. The molecule has 1 heterocycles. The second-order valence-corrected chi connectivity index (χ2v) is 11.2. The zero-order valence-electron chi connectivity index (χ0n) is 18.6. The molecule has 8 heteroatoms. The Morgan fingerprint density at radius 2 is 1.47 bits per heavy atom. The van der Waals surface area contributed by atoms with Crippen LogP contribution < -0.4 is 4.18 Å². The zero-order chi connectivity index (χ0) is 24.0. The Balaban J connectivity index is 1.53. The molecule has 0 aromatic heterocycles. The maximum absolute atomic E-state index is 12.9. The van der Waals surface area contributed by atoms with Crippen LogP contribution in [0.25, 0.3) is 0 Å². The van der Waals surface area contributed by atoms with E-state index < -0.39 is 16.0 Å². The molecule has 0 fully saturated rings. The summed E-state index contributed by atoms with van der Waals surface area (Å²) in [6.07, 6.45) is 3.64. The van der Waals surface area contributed by atoms with E-state index >= 15 is 0 Å². The fourth-order valence-electron chi connectivity index (χ4n) is 4.79. The topological polar surface area (TPSA) is 86.7 Å². The van der Waals surface area contributed by atoms with Gasteiger partial charge in [-0.05, 0) is 65.5 Å². The van der Waals surface area contributed by atoms with Gasteiger partial charge in [0.15, 0.2) is 17.3 Å². The maximum atomic E-state index is 12.9. The molecule has 176 valence electrons. The molecule has 34 heavy (non-hydrogen) atoms. The quantitative estimate of drug-likeness (QED) is 0.463. The van der Waals surface area contributed by atoms with Crippen LogP contribution in [0.3, 0.4) is 0 Å². The van der Waals surface area contributed by atoms with Gasteiger partial charge in [-0.2, -0.15) is 8.42 Å². The number of benzene rings is 2. The first-order valence-electron chi connectivity index (χ1n) is 11.3. The highest BCUT2D eigenvalue weighted by atomic mass is 79.9. The first-order valence-corrected chi connectivity index (χ1v) is 13.5. The monoisotopic (exact) mass is 542 g/mol. The number of Topliss-reactive ketones (excluding diaryl/α,β-unsaturated/α-hetero) is 2. The van der Waals surface area contributed by atoms with Gasteiger partial charge in [0.05, 0.1) is 4.47 Å². The van der Waals surface area contributed by atoms with Crippen LogP contribution in [-0.4, -0.2) is 20.0 Å². The predicted octanol–water partition coefficient (Wildman–Crippen LogP) is 5.65. The third-order valence-corrected chi connectivity index (χ3v) is 8.31. The number of hydrogen-bond acceptors (Lipinski definition) is 6. The van der Waals surface area contributed by atoms with E-state index in [1.165, 1.54) is 12.1 Å². The fourth-order valence-corrected chi connectivity index (χ4v) is 6.32. The van der Waals surface area contributed by atoms with Crippen LogP contribution in [0.2, 0.25) is 0 Å². The Kier molecular flexibility index (Phi) is 5.98. The van der Waals surface area contributed by atoms with Crippen molar-refractivity contribution in [1.82, 2.24) is 0 Å². The highest BCUT2D eigenvalue weighted by Crippen LogP contribution is 2.48. The minimum absolute atomic E-state index is 0.00503. The Bertz CT molecular complexity index is 1330. The molecule has 0 saturated heterocycles. The Hall–Kier alpha value is -2.71. The first-order chi connectivity index (χ1) is 16.2.